The summed E-state index contributed by atoms with van der Waals surface area (Å²) >= 11 is 0. The lowest BCUT2D eigenvalue weighted by Gasteiger charge is -2.24. The first-order valence-corrected chi connectivity index (χ1v) is 14.4. The maximum absolute atomic E-state index is 12.6. The molecule has 2 unspecified atom stereocenters. The van der Waals surface area contributed by atoms with Crippen LogP contribution in [0.5, 0.6) is 0 Å². The summed E-state index contributed by atoms with van der Waals surface area (Å²) in [5.41, 5.74) is 0. The zero-order valence-electron chi connectivity index (χ0n) is 24.9. The van der Waals surface area contributed by atoms with Crippen LogP contribution in [-0.4, -0.2) is 164 Å². The molecule has 252 valence electrons. The summed E-state index contributed by atoms with van der Waals surface area (Å²) < 4.78 is 22.4. The van der Waals surface area contributed by atoms with Gasteiger partial charge in [0.25, 0.3) is 0 Å². The first kappa shape index (κ1) is 38.8. The highest BCUT2D eigenvalue weighted by atomic mass is 16.5. The van der Waals surface area contributed by atoms with Crippen molar-refractivity contribution in [1.82, 2.24) is 15.1 Å². The van der Waals surface area contributed by atoms with Crippen LogP contribution in [0.15, 0.2) is 0 Å². The molecule has 0 radical (unpaired) electrons. The van der Waals surface area contributed by atoms with E-state index in [1.54, 1.807) is 9.80 Å². The Kier molecular flexibility index (Phi) is 20.5. The number of carbonyl (C=O) groups is 6. The Morgan fingerprint density at radius 2 is 1.02 bits per heavy atom. The lowest BCUT2D eigenvalue weighted by atomic mass is 9.97. The number of carbonyl (C=O) groups excluding carboxylic acids is 2. The Bertz CT molecular complexity index is 826. The summed E-state index contributed by atoms with van der Waals surface area (Å²) in [5.74, 6) is -6.79. The predicted octanol–water partition coefficient (Wildman–Crippen LogP) is -1.37. The number of carboxylic acid groups (broad SMARTS) is 4. The second kappa shape index (κ2) is 23.2. The number of rotatable bonds is 15. The fourth-order valence-electron chi connectivity index (χ4n) is 4.13. The van der Waals surface area contributed by atoms with Gasteiger partial charge in [0.2, 0.25) is 5.91 Å². The molecule has 1 saturated heterocycles. The fraction of sp³-hybridized carbons (Fsp3) is 0.778. The topological polar surface area (TPSA) is 239 Å². The highest BCUT2D eigenvalue weighted by Gasteiger charge is 2.24. The number of ether oxygens (including phenoxy) is 4. The van der Waals surface area contributed by atoms with Gasteiger partial charge in [-0.3, -0.25) is 33.8 Å². The first-order chi connectivity index (χ1) is 21.0. The van der Waals surface area contributed by atoms with E-state index in [1.165, 1.54) is 0 Å². The second-order valence-corrected chi connectivity index (χ2v) is 10.1. The van der Waals surface area contributed by atoms with Crippen LogP contribution in [0.25, 0.3) is 0 Å². The number of Topliss-reactive ketones (excluding diaryl/α,β-unsaturated/α-hetero) is 1. The molecule has 1 aliphatic heterocycles. The molecule has 1 fully saturated rings. The van der Waals surface area contributed by atoms with Gasteiger partial charge in [-0.1, -0.05) is 0 Å². The van der Waals surface area contributed by atoms with Crippen molar-refractivity contribution in [2.45, 2.75) is 38.1 Å². The molecule has 17 heteroatoms. The predicted molar refractivity (Wildman–Crippen MR) is 150 cm³/mol. The zero-order valence-corrected chi connectivity index (χ0v) is 24.9. The van der Waals surface area contributed by atoms with Crippen molar-refractivity contribution in [3.8, 4) is 0 Å². The maximum atomic E-state index is 12.6. The van der Waals surface area contributed by atoms with Gasteiger partial charge in [0.05, 0.1) is 71.9 Å². The van der Waals surface area contributed by atoms with Crippen LogP contribution in [0, 0.1) is 5.92 Å². The molecule has 0 aromatic carbocycles. The molecule has 44 heavy (non-hydrogen) atoms. The van der Waals surface area contributed by atoms with Crippen LogP contribution < -0.4 is 5.32 Å². The Hall–Kier alpha value is -3.22. The molecule has 1 aliphatic rings. The minimum Gasteiger partial charge on any atom is -0.481 e. The second-order valence-electron chi connectivity index (χ2n) is 10.1. The number of nitrogens with zero attached hydrogens (tertiary/aromatic N) is 2. The number of ketones is 1. The van der Waals surface area contributed by atoms with Crippen LogP contribution in [-0.2, 0) is 47.7 Å². The quantitative estimate of drug-likeness (QED) is 0.139. The van der Waals surface area contributed by atoms with Gasteiger partial charge in [-0.25, -0.2) is 4.79 Å². The van der Waals surface area contributed by atoms with E-state index in [2.05, 4.69) is 5.32 Å². The van der Waals surface area contributed by atoms with Crippen LogP contribution in [0.1, 0.15) is 32.1 Å². The number of carboxylic acids is 4. The van der Waals surface area contributed by atoms with E-state index < -0.39 is 48.2 Å². The molecule has 0 bridgehead atoms. The van der Waals surface area contributed by atoms with Gasteiger partial charge in [-0.05, 0) is 12.8 Å². The lowest BCUT2D eigenvalue weighted by molar-refractivity contribution is -0.145. The zero-order chi connectivity index (χ0) is 32.7. The van der Waals surface area contributed by atoms with E-state index in [0.717, 1.165) is 0 Å². The third-order valence-corrected chi connectivity index (χ3v) is 6.53. The van der Waals surface area contributed by atoms with Crippen molar-refractivity contribution in [1.29, 1.82) is 0 Å². The summed E-state index contributed by atoms with van der Waals surface area (Å²) in [6.07, 6.45) is -1.38. The van der Waals surface area contributed by atoms with Gasteiger partial charge in [0, 0.05) is 45.4 Å². The minimum absolute atomic E-state index is 0.0350. The average molecular weight is 636 g/mol. The van der Waals surface area contributed by atoms with Gasteiger partial charge in [0.15, 0.2) is 0 Å². The van der Waals surface area contributed by atoms with Gasteiger partial charge >= 0.3 is 23.9 Å². The van der Waals surface area contributed by atoms with E-state index in [9.17, 15) is 39.0 Å². The average Bonchev–Trinajstić information content (AvgIpc) is 2.94. The number of hydrogen-bond acceptors (Lipinski definition) is 12. The van der Waals surface area contributed by atoms with Crippen molar-refractivity contribution in [2.75, 3.05) is 92.1 Å². The standard InChI is InChI=1S/C27H45N3O14/c31-21(17-20(26(37)38)1-3-24(33)34)18-29-5-9-41-13-15-43-11-7-30(8-12-44-16-14-42-10-6-29)19-23(32)28-22(27(39)40)2-4-25(35)36/h20,22H,1-19H2,(H,28,32)(H,33,34)(H,35,36)(H,37,38)(H,39,40). The van der Waals surface area contributed by atoms with Crippen molar-refractivity contribution in [3.63, 3.8) is 0 Å². The fourth-order valence-corrected chi connectivity index (χ4v) is 4.13. The molecule has 0 spiro atoms. The molecule has 1 amide bonds. The monoisotopic (exact) mass is 635 g/mol. The van der Waals surface area contributed by atoms with Crippen LogP contribution >= 0.6 is 0 Å². The Morgan fingerprint density at radius 3 is 1.43 bits per heavy atom. The van der Waals surface area contributed by atoms with Gasteiger partial charge in [0.1, 0.15) is 11.8 Å². The molecule has 1 heterocycles. The summed E-state index contributed by atoms with van der Waals surface area (Å²) in [7, 11) is 0. The van der Waals surface area contributed by atoms with Gasteiger partial charge < -0.3 is 44.7 Å². The molecule has 0 aliphatic carbocycles. The largest absolute Gasteiger partial charge is 0.481 e. The number of hydrogen-bond donors (Lipinski definition) is 5. The SMILES string of the molecule is O=C(O)CCC(CC(=O)CN1CCOCCOCCN(CC(=O)NC(CCC(=O)O)C(=O)O)CCOCCOCC1)C(=O)O. The van der Waals surface area contributed by atoms with E-state index >= 15 is 0 Å². The Balaban J connectivity index is 2.57. The van der Waals surface area contributed by atoms with Gasteiger partial charge in [-0.15, -0.1) is 0 Å². The highest BCUT2D eigenvalue weighted by Crippen LogP contribution is 2.13. The van der Waals surface area contributed by atoms with Crippen LogP contribution in [0.4, 0.5) is 0 Å². The van der Waals surface area contributed by atoms with E-state index in [-0.39, 0.29) is 97.4 Å². The Labute approximate surface area is 255 Å². The van der Waals surface area contributed by atoms with E-state index in [0.29, 0.717) is 26.2 Å². The van der Waals surface area contributed by atoms with E-state index in [1.807, 2.05) is 0 Å². The van der Waals surface area contributed by atoms with E-state index in [4.69, 9.17) is 29.2 Å². The molecule has 2 atom stereocenters. The van der Waals surface area contributed by atoms with Crippen molar-refractivity contribution in [2.24, 2.45) is 5.92 Å². The van der Waals surface area contributed by atoms with Gasteiger partial charge in [-0.2, -0.15) is 0 Å². The molecule has 1 rings (SSSR count). The summed E-state index contributed by atoms with van der Waals surface area (Å²) in [6, 6.07) is -1.32. The molecular weight excluding hydrogens is 590 g/mol. The highest BCUT2D eigenvalue weighted by molar-refractivity contribution is 5.86. The maximum Gasteiger partial charge on any atom is 0.326 e. The third-order valence-electron chi connectivity index (χ3n) is 6.53. The number of amides is 1. The summed E-state index contributed by atoms with van der Waals surface area (Å²) in [6.45, 7) is 3.24. The lowest BCUT2D eigenvalue weighted by Crippen LogP contribution is -2.47. The third kappa shape index (κ3) is 19.9. The summed E-state index contributed by atoms with van der Waals surface area (Å²) in [4.78, 5) is 72.9. The minimum atomic E-state index is -1.32. The van der Waals surface area contributed by atoms with Crippen molar-refractivity contribution >= 4 is 35.6 Å². The molecule has 0 saturated carbocycles. The van der Waals surface area contributed by atoms with Crippen LogP contribution in [0.2, 0.25) is 0 Å². The number of nitrogens with one attached hydrogen (secondary N) is 1. The molecule has 17 nitrogen and oxygen atoms in total. The summed E-state index contributed by atoms with van der Waals surface area (Å²) in [5, 5.41) is 38.6. The Morgan fingerprint density at radius 1 is 0.591 bits per heavy atom. The molecule has 0 aromatic heterocycles. The van der Waals surface area contributed by atoms with Crippen molar-refractivity contribution < 1.29 is 68.1 Å². The molecule has 0 aromatic rings. The van der Waals surface area contributed by atoms with Crippen molar-refractivity contribution in [3.05, 3.63) is 0 Å². The number of aliphatic carboxylic acids is 4. The normalized spacial score (nSPS) is 18.6. The molecule has 5 N–H and O–H groups in total. The molecular formula is C27H45N3O14. The smallest absolute Gasteiger partial charge is 0.326 e. The van der Waals surface area contributed by atoms with Crippen LogP contribution in [0.3, 0.4) is 0 Å². The first-order valence-electron chi connectivity index (χ1n) is 14.4.